The molecule has 3 heterocycles. The van der Waals surface area contributed by atoms with Gasteiger partial charge in [-0.3, -0.25) is 4.90 Å². The van der Waals surface area contributed by atoms with Crippen molar-refractivity contribution in [3.63, 3.8) is 0 Å². The Bertz CT molecular complexity index is 275. The molecule has 3 saturated heterocycles. The first kappa shape index (κ1) is 11.7. The number of carbonyl (C=O) groups excluding carboxylic acids is 1. The summed E-state index contributed by atoms with van der Waals surface area (Å²) in [5.41, 5.74) is -0.402. The number of nitrogens with one attached hydrogen (secondary N) is 1. The average Bonchev–Trinajstić information content (AvgIpc) is 2.16. The number of ether oxygens (including phenoxy) is 1. The average molecular weight is 226 g/mol. The molecule has 16 heavy (non-hydrogen) atoms. The number of piperazine rings is 1. The summed E-state index contributed by atoms with van der Waals surface area (Å²) in [7, 11) is 0. The largest absolute Gasteiger partial charge is 0.444 e. The zero-order chi connectivity index (χ0) is 11.9. The maximum Gasteiger partial charge on any atom is 0.410 e. The molecule has 3 rings (SSSR count). The van der Waals surface area contributed by atoms with Gasteiger partial charge >= 0.3 is 6.09 Å². The zero-order valence-electron chi connectivity index (χ0n) is 10.6. The Labute approximate surface area is 97.3 Å². The first-order valence-corrected chi connectivity index (χ1v) is 6.13. The third-order valence-electron chi connectivity index (χ3n) is 3.45. The van der Waals surface area contributed by atoms with E-state index in [0.717, 1.165) is 13.0 Å². The molecule has 0 radical (unpaired) electrons. The molecule has 0 unspecified atom stereocenters. The molecule has 0 aromatic rings. The van der Waals surface area contributed by atoms with Crippen LogP contribution in [0.5, 0.6) is 0 Å². The van der Waals surface area contributed by atoms with Crippen LogP contribution in [0.3, 0.4) is 0 Å². The summed E-state index contributed by atoms with van der Waals surface area (Å²) in [5.74, 6) is 0. The third kappa shape index (κ3) is 2.17. The van der Waals surface area contributed by atoms with E-state index in [1.54, 1.807) is 0 Å². The van der Waals surface area contributed by atoms with Crippen LogP contribution in [0.1, 0.15) is 40.5 Å². The van der Waals surface area contributed by atoms with E-state index in [9.17, 15) is 4.79 Å². The second kappa shape index (κ2) is 3.91. The van der Waals surface area contributed by atoms with Crippen LogP contribution in [-0.4, -0.2) is 41.3 Å². The van der Waals surface area contributed by atoms with Crippen LogP contribution in [0.2, 0.25) is 0 Å². The Kier molecular flexibility index (Phi) is 2.86. The fourth-order valence-electron chi connectivity index (χ4n) is 2.67. The van der Waals surface area contributed by atoms with Crippen molar-refractivity contribution in [2.45, 2.75) is 64.3 Å². The number of rotatable bonds is 0. The van der Waals surface area contributed by atoms with Gasteiger partial charge in [-0.2, -0.15) is 0 Å². The van der Waals surface area contributed by atoms with Crippen molar-refractivity contribution in [2.75, 3.05) is 6.54 Å². The molecule has 3 aliphatic heterocycles. The SMILES string of the molecule is C[C@@H]1[C@@H]2CC[C@@H](CN2)N1C(=O)OC(C)(C)C. The van der Waals surface area contributed by atoms with Crippen molar-refractivity contribution in [2.24, 2.45) is 0 Å². The van der Waals surface area contributed by atoms with E-state index in [2.05, 4.69) is 12.2 Å². The number of fused-ring (bicyclic) bond motifs is 3. The minimum atomic E-state index is -0.402. The number of hydrogen-bond donors (Lipinski definition) is 1. The summed E-state index contributed by atoms with van der Waals surface area (Å²) in [4.78, 5) is 14.0. The summed E-state index contributed by atoms with van der Waals surface area (Å²) in [6.45, 7) is 8.75. The molecule has 2 bridgehead atoms. The highest BCUT2D eigenvalue weighted by Gasteiger charge is 2.43. The standard InChI is InChI=1S/C12H22N2O2/c1-8-10-6-5-9(7-13-10)14(8)11(15)16-12(2,3)4/h8-10,13H,5-7H2,1-4H3/t8-,9+,10+/m1/s1. The highest BCUT2D eigenvalue weighted by molar-refractivity contribution is 5.69. The Morgan fingerprint density at radius 3 is 2.50 bits per heavy atom. The minimum Gasteiger partial charge on any atom is -0.444 e. The number of nitrogens with zero attached hydrogens (tertiary/aromatic N) is 1. The molecule has 92 valence electrons. The van der Waals surface area contributed by atoms with Gasteiger partial charge in [-0.1, -0.05) is 0 Å². The monoisotopic (exact) mass is 226 g/mol. The van der Waals surface area contributed by atoms with Crippen LogP contribution in [0.15, 0.2) is 0 Å². The fourth-order valence-corrected chi connectivity index (χ4v) is 2.67. The lowest BCUT2D eigenvalue weighted by atomic mass is 9.88. The van der Waals surface area contributed by atoms with Crippen molar-refractivity contribution >= 4 is 6.09 Å². The molecule has 0 aromatic heterocycles. The third-order valence-corrected chi connectivity index (χ3v) is 3.45. The summed E-state index contributed by atoms with van der Waals surface area (Å²) in [6.07, 6.45) is 2.11. The number of piperidine rings is 2. The van der Waals surface area contributed by atoms with Crippen LogP contribution >= 0.6 is 0 Å². The quantitative estimate of drug-likeness (QED) is 0.684. The molecule has 4 nitrogen and oxygen atoms in total. The van der Waals surface area contributed by atoms with Gasteiger partial charge in [-0.25, -0.2) is 4.79 Å². The molecular weight excluding hydrogens is 204 g/mol. The number of carbonyl (C=O) groups is 1. The molecule has 3 aliphatic rings. The van der Waals surface area contributed by atoms with Gasteiger partial charge in [0.1, 0.15) is 5.60 Å². The lowest BCUT2D eigenvalue weighted by Crippen LogP contribution is -2.67. The topological polar surface area (TPSA) is 41.6 Å². The van der Waals surface area contributed by atoms with Gasteiger partial charge in [0.25, 0.3) is 0 Å². The molecule has 1 amide bonds. The van der Waals surface area contributed by atoms with Gasteiger partial charge in [-0.15, -0.1) is 0 Å². The van der Waals surface area contributed by atoms with Gasteiger partial charge in [0.2, 0.25) is 0 Å². The van der Waals surface area contributed by atoms with Crippen LogP contribution in [0, 0.1) is 0 Å². The smallest absolute Gasteiger partial charge is 0.410 e. The predicted octanol–water partition coefficient (Wildman–Crippen LogP) is 1.75. The summed E-state index contributed by atoms with van der Waals surface area (Å²) < 4.78 is 5.46. The first-order chi connectivity index (χ1) is 7.38. The molecule has 3 atom stereocenters. The Balaban J connectivity index is 2.06. The van der Waals surface area contributed by atoms with E-state index in [0.29, 0.717) is 12.1 Å². The summed E-state index contributed by atoms with van der Waals surface area (Å²) in [6, 6.07) is 1.01. The molecule has 0 saturated carbocycles. The van der Waals surface area contributed by atoms with Gasteiger partial charge in [0.15, 0.2) is 0 Å². The summed E-state index contributed by atoms with van der Waals surface area (Å²) >= 11 is 0. The summed E-state index contributed by atoms with van der Waals surface area (Å²) in [5, 5.41) is 3.47. The highest BCUT2D eigenvalue weighted by atomic mass is 16.6. The highest BCUT2D eigenvalue weighted by Crippen LogP contribution is 2.29. The van der Waals surface area contributed by atoms with Crippen LogP contribution in [0.25, 0.3) is 0 Å². The maximum absolute atomic E-state index is 12.1. The van der Waals surface area contributed by atoms with Crippen LogP contribution in [-0.2, 0) is 4.74 Å². The molecule has 0 aliphatic carbocycles. The van der Waals surface area contributed by atoms with E-state index in [-0.39, 0.29) is 12.1 Å². The van der Waals surface area contributed by atoms with Gasteiger partial charge in [0.05, 0.1) is 0 Å². The number of hydrogen-bond acceptors (Lipinski definition) is 3. The lowest BCUT2D eigenvalue weighted by molar-refractivity contribution is -0.0235. The Morgan fingerprint density at radius 1 is 1.38 bits per heavy atom. The van der Waals surface area contributed by atoms with E-state index in [1.165, 1.54) is 6.42 Å². The molecular formula is C12H22N2O2. The van der Waals surface area contributed by atoms with E-state index >= 15 is 0 Å². The van der Waals surface area contributed by atoms with E-state index < -0.39 is 5.60 Å². The van der Waals surface area contributed by atoms with Gasteiger partial charge in [-0.05, 0) is 40.5 Å². The van der Waals surface area contributed by atoms with Crippen LogP contribution < -0.4 is 5.32 Å². The van der Waals surface area contributed by atoms with E-state index in [4.69, 9.17) is 4.74 Å². The normalized spacial score (nSPS) is 34.0. The molecule has 0 aromatic carbocycles. The van der Waals surface area contributed by atoms with Crippen molar-refractivity contribution in [1.29, 1.82) is 0 Å². The number of amides is 1. The van der Waals surface area contributed by atoms with Gasteiger partial charge < -0.3 is 10.1 Å². The second-order valence-electron chi connectivity index (χ2n) is 5.87. The lowest BCUT2D eigenvalue weighted by Gasteiger charge is -2.50. The Hall–Kier alpha value is -0.770. The maximum atomic E-state index is 12.1. The van der Waals surface area contributed by atoms with Crippen molar-refractivity contribution < 1.29 is 9.53 Å². The molecule has 1 N–H and O–H groups in total. The van der Waals surface area contributed by atoms with Crippen molar-refractivity contribution in [1.82, 2.24) is 10.2 Å². The van der Waals surface area contributed by atoms with Crippen molar-refractivity contribution in [3.05, 3.63) is 0 Å². The van der Waals surface area contributed by atoms with Gasteiger partial charge in [0, 0.05) is 24.7 Å². The molecule has 4 heteroatoms. The van der Waals surface area contributed by atoms with E-state index in [1.807, 2.05) is 25.7 Å². The Morgan fingerprint density at radius 2 is 2.06 bits per heavy atom. The first-order valence-electron chi connectivity index (χ1n) is 6.13. The van der Waals surface area contributed by atoms with Crippen molar-refractivity contribution in [3.8, 4) is 0 Å². The molecule has 0 spiro atoms. The minimum absolute atomic E-state index is 0.156. The van der Waals surface area contributed by atoms with Crippen LogP contribution in [0.4, 0.5) is 4.79 Å². The predicted molar refractivity (Wildman–Crippen MR) is 62.3 cm³/mol. The molecule has 3 fully saturated rings. The zero-order valence-corrected chi connectivity index (χ0v) is 10.6. The fraction of sp³-hybridized carbons (Fsp3) is 0.917. The second-order valence-corrected chi connectivity index (χ2v) is 5.87.